The first-order valence-corrected chi connectivity index (χ1v) is 10.7. The van der Waals surface area contributed by atoms with Gasteiger partial charge in [-0.25, -0.2) is 0 Å². The second kappa shape index (κ2) is 8.03. The molecule has 0 bridgehead atoms. The molecule has 0 aliphatic carbocycles. The summed E-state index contributed by atoms with van der Waals surface area (Å²) in [6, 6.07) is 18.1. The lowest BCUT2D eigenvalue weighted by Crippen LogP contribution is -2.41. The maximum atomic E-state index is 13.5. The van der Waals surface area contributed by atoms with E-state index in [2.05, 4.69) is 21.7 Å². The van der Waals surface area contributed by atoms with Crippen LogP contribution in [-0.4, -0.2) is 45.3 Å². The minimum Gasteiger partial charge on any atom is -0.381 e. The van der Waals surface area contributed by atoms with E-state index < -0.39 is 0 Å². The largest absolute Gasteiger partial charge is 0.381 e. The molecule has 1 aromatic heterocycles. The van der Waals surface area contributed by atoms with Crippen LogP contribution in [0, 0.1) is 0 Å². The summed E-state index contributed by atoms with van der Waals surface area (Å²) >= 11 is 0. The first kappa shape index (κ1) is 19.0. The number of rotatable bonds is 3. The standard InChI is InChI=1S/C24H26N4O2/c1-17-15-27(16-22-25-26-23(28(17)22)19-11-13-30-14-12-19)24(29)21-10-6-5-9-20(21)18-7-3-2-4-8-18/h2-10,17,19H,11-16H2,1H3/t17-/m0/s1. The van der Waals surface area contributed by atoms with Crippen molar-refractivity contribution < 1.29 is 9.53 Å². The molecule has 0 N–H and O–H groups in total. The van der Waals surface area contributed by atoms with Crippen LogP contribution in [0.4, 0.5) is 0 Å². The number of nitrogens with zero attached hydrogens (tertiary/aromatic N) is 4. The van der Waals surface area contributed by atoms with Crippen molar-refractivity contribution in [3.8, 4) is 11.1 Å². The predicted molar refractivity (Wildman–Crippen MR) is 114 cm³/mol. The Morgan fingerprint density at radius 1 is 1.00 bits per heavy atom. The van der Waals surface area contributed by atoms with Gasteiger partial charge < -0.3 is 14.2 Å². The molecule has 1 saturated heterocycles. The third-order valence-corrected chi connectivity index (χ3v) is 6.17. The molecule has 1 amide bonds. The predicted octanol–water partition coefficient (Wildman–Crippen LogP) is 4.06. The SMILES string of the molecule is C[C@H]1CN(C(=O)c2ccccc2-c2ccccc2)Cc2nnc(C3CCOCC3)n21. The topological polar surface area (TPSA) is 60.3 Å². The lowest BCUT2D eigenvalue weighted by molar-refractivity contribution is 0.0669. The molecular formula is C24H26N4O2. The molecule has 2 aromatic carbocycles. The lowest BCUT2D eigenvalue weighted by Gasteiger charge is -2.34. The van der Waals surface area contributed by atoms with E-state index in [4.69, 9.17) is 4.74 Å². The summed E-state index contributed by atoms with van der Waals surface area (Å²) in [5, 5.41) is 8.99. The Kier molecular flexibility index (Phi) is 5.09. The summed E-state index contributed by atoms with van der Waals surface area (Å²) in [5.74, 6) is 2.37. The second-order valence-corrected chi connectivity index (χ2v) is 8.18. The Hall–Kier alpha value is -2.99. The van der Waals surface area contributed by atoms with Crippen LogP contribution in [0.1, 0.15) is 53.7 Å². The minimum absolute atomic E-state index is 0.0446. The monoisotopic (exact) mass is 402 g/mol. The van der Waals surface area contributed by atoms with Gasteiger partial charge in [0.05, 0.1) is 12.6 Å². The summed E-state index contributed by atoms with van der Waals surface area (Å²) in [6.07, 6.45) is 1.97. The third kappa shape index (κ3) is 3.41. The van der Waals surface area contributed by atoms with Crippen molar-refractivity contribution in [2.45, 2.75) is 38.3 Å². The van der Waals surface area contributed by atoms with Crippen molar-refractivity contribution in [3.63, 3.8) is 0 Å². The van der Waals surface area contributed by atoms with Gasteiger partial charge in [-0.1, -0.05) is 48.5 Å². The van der Waals surface area contributed by atoms with E-state index in [1.165, 1.54) is 0 Å². The first-order valence-electron chi connectivity index (χ1n) is 10.7. The molecule has 0 saturated carbocycles. The van der Waals surface area contributed by atoms with E-state index in [1.807, 2.05) is 59.5 Å². The van der Waals surface area contributed by atoms with E-state index >= 15 is 0 Å². The van der Waals surface area contributed by atoms with E-state index in [1.54, 1.807) is 0 Å². The van der Waals surface area contributed by atoms with Crippen LogP contribution in [0.3, 0.4) is 0 Å². The average molecular weight is 402 g/mol. The molecule has 0 unspecified atom stereocenters. The molecule has 2 aliphatic heterocycles. The zero-order valence-electron chi connectivity index (χ0n) is 17.2. The molecule has 2 aliphatic rings. The van der Waals surface area contributed by atoms with Crippen LogP contribution in [0.2, 0.25) is 0 Å². The van der Waals surface area contributed by atoms with Crippen LogP contribution >= 0.6 is 0 Å². The fraction of sp³-hybridized carbons (Fsp3) is 0.375. The van der Waals surface area contributed by atoms with E-state index in [0.717, 1.165) is 54.4 Å². The number of aromatic nitrogens is 3. The highest BCUT2D eigenvalue weighted by atomic mass is 16.5. The Morgan fingerprint density at radius 3 is 2.53 bits per heavy atom. The second-order valence-electron chi connectivity index (χ2n) is 8.18. The molecule has 1 fully saturated rings. The number of carbonyl (C=O) groups excluding carboxylic acids is 1. The van der Waals surface area contributed by atoms with Crippen molar-refractivity contribution in [3.05, 3.63) is 71.8 Å². The van der Waals surface area contributed by atoms with Crippen LogP contribution in [0.5, 0.6) is 0 Å². The molecule has 5 rings (SSSR count). The number of carbonyl (C=O) groups is 1. The van der Waals surface area contributed by atoms with Gasteiger partial charge >= 0.3 is 0 Å². The van der Waals surface area contributed by atoms with Crippen LogP contribution in [-0.2, 0) is 11.3 Å². The highest BCUT2D eigenvalue weighted by Crippen LogP contribution is 2.32. The van der Waals surface area contributed by atoms with Crippen molar-refractivity contribution in [1.82, 2.24) is 19.7 Å². The highest BCUT2D eigenvalue weighted by molar-refractivity contribution is 6.00. The van der Waals surface area contributed by atoms with Gasteiger partial charge in [0.1, 0.15) is 5.82 Å². The Bertz CT molecular complexity index is 1040. The number of amides is 1. The maximum Gasteiger partial charge on any atom is 0.254 e. The molecule has 0 radical (unpaired) electrons. The van der Waals surface area contributed by atoms with Gasteiger partial charge in [0.15, 0.2) is 5.82 Å². The number of hydrogen-bond acceptors (Lipinski definition) is 4. The van der Waals surface area contributed by atoms with Crippen molar-refractivity contribution in [2.24, 2.45) is 0 Å². The van der Waals surface area contributed by atoms with E-state index in [9.17, 15) is 4.79 Å². The van der Waals surface area contributed by atoms with Gasteiger partial charge in [0.2, 0.25) is 0 Å². The first-order chi connectivity index (χ1) is 14.7. The quantitative estimate of drug-likeness (QED) is 0.663. The lowest BCUT2D eigenvalue weighted by atomic mass is 9.98. The third-order valence-electron chi connectivity index (χ3n) is 6.17. The van der Waals surface area contributed by atoms with Crippen molar-refractivity contribution in [1.29, 1.82) is 0 Å². The zero-order valence-corrected chi connectivity index (χ0v) is 17.2. The smallest absolute Gasteiger partial charge is 0.254 e. The molecular weight excluding hydrogens is 376 g/mol. The normalized spacial score (nSPS) is 19.5. The summed E-state index contributed by atoms with van der Waals surface area (Å²) in [5.41, 5.74) is 2.75. The molecule has 3 aromatic rings. The Balaban J connectivity index is 1.43. The fourth-order valence-electron chi connectivity index (χ4n) is 4.66. The minimum atomic E-state index is 0.0446. The summed E-state index contributed by atoms with van der Waals surface area (Å²) in [4.78, 5) is 15.4. The highest BCUT2D eigenvalue weighted by Gasteiger charge is 2.33. The van der Waals surface area contributed by atoms with Crippen LogP contribution in [0.15, 0.2) is 54.6 Å². The number of hydrogen-bond donors (Lipinski definition) is 0. The van der Waals surface area contributed by atoms with Crippen LogP contribution in [0.25, 0.3) is 11.1 Å². The molecule has 3 heterocycles. The maximum absolute atomic E-state index is 13.5. The van der Waals surface area contributed by atoms with Gasteiger partial charge in [-0.3, -0.25) is 4.79 Å². The zero-order chi connectivity index (χ0) is 20.5. The fourth-order valence-corrected chi connectivity index (χ4v) is 4.66. The Morgan fingerprint density at radius 2 is 1.73 bits per heavy atom. The Labute approximate surface area is 176 Å². The van der Waals surface area contributed by atoms with Gasteiger partial charge in [0.25, 0.3) is 5.91 Å². The molecule has 0 spiro atoms. The number of benzene rings is 2. The van der Waals surface area contributed by atoms with Crippen molar-refractivity contribution in [2.75, 3.05) is 19.8 Å². The number of ether oxygens (including phenoxy) is 1. The van der Waals surface area contributed by atoms with E-state index in [0.29, 0.717) is 19.0 Å². The summed E-state index contributed by atoms with van der Waals surface area (Å²) < 4.78 is 7.76. The van der Waals surface area contributed by atoms with Crippen molar-refractivity contribution >= 4 is 5.91 Å². The van der Waals surface area contributed by atoms with Crippen LogP contribution < -0.4 is 0 Å². The van der Waals surface area contributed by atoms with E-state index in [-0.39, 0.29) is 11.9 Å². The number of fused-ring (bicyclic) bond motifs is 1. The summed E-state index contributed by atoms with van der Waals surface area (Å²) in [6.45, 7) is 4.86. The van der Waals surface area contributed by atoms with Gasteiger partial charge in [0, 0.05) is 31.2 Å². The molecule has 6 heteroatoms. The molecule has 154 valence electrons. The molecule has 6 nitrogen and oxygen atoms in total. The molecule has 1 atom stereocenters. The molecule has 30 heavy (non-hydrogen) atoms. The van der Waals surface area contributed by atoms with Gasteiger partial charge in [-0.15, -0.1) is 10.2 Å². The summed E-state index contributed by atoms with van der Waals surface area (Å²) in [7, 11) is 0. The average Bonchev–Trinajstić information content (AvgIpc) is 3.24. The van der Waals surface area contributed by atoms with Gasteiger partial charge in [-0.05, 0) is 37.0 Å². The van der Waals surface area contributed by atoms with Gasteiger partial charge in [-0.2, -0.15) is 0 Å².